The molecule has 4 aromatic rings. The monoisotopic (exact) mass is 623 g/mol. The van der Waals surface area contributed by atoms with Gasteiger partial charge < -0.3 is 30.3 Å². The maximum absolute atomic E-state index is 11.8. The zero-order chi connectivity index (χ0) is 32.5. The van der Waals surface area contributed by atoms with E-state index in [2.05, 4.69) is 39.8 Å². The quantitative estimate of drug-likeness (QED) is 0.149. The van der Waals surface area contributed by atoms with Crippen LogP contribution in [0.3, 0.4) is 0 Å². The largest absolute Gasteiger partial charge is 0.392 e. The van der Waals surface area contributed by atoms with Crippen molar-refractivity contribution in [3.05, 3.63) is 131 Å². The Morgan fingerprint density at radius 2 is 1.59 bits per heavy atom. The molecule has 0 radical (unpaired) electrons. The van der Waals surface area contributed by atoms with Crippen molar-refractivity contribution in [2.75, 3.05) is 20.1 Å². The van der Waals surface area contributed by atoms with E-state index in [4.69, 9.17) is 9.47 Å². The second-order valence-corrected chi connectivity index (χ2v) is 11.9. The maximum atomic E-state index is 11.8. The molecule has 0 bridgehead atoms. The summed E-state index contributed by atoms with van der Waals surface area (Å²) < 4.78 is 13.1. The van der Waals surface area contributed by atoms with Crippen LogP contribution in [0.25, 0.3) is 11.1 Å². The standard InChI is InChI=1S/C38H45N3O5/c1-4-39-38(44)40-23-28-9-8-12-33(21-28)29-17-19-32(20-18-29)37-45-34(22-35(46-37)30-15-13-27(25-42)14-16-30)24-41(3)26(2)36(43)31-10-6-5-7-11-31/h5-21,26,34-37,42-43H,4,22-25H2,1-3H3,(H2,39,40,44)/t26-,34-,35+,36-,37+/m0/s1. The van der Waals surface area contributed by atoms with Gasteiger partial charge in [0.25, 0.3) is 0 Å². The SMILES string of the molecule is CCNC(=O)NCc1cccc(-c2ccc([C@@H]3O[C@H](CN(C)[C@@H](C)[C@H](O)c4ccccc4)C[C@H](c4ccc(CO)cc4)O3)cc2)c1. The Kier molecular flexibility index (Phi) is 11.6. The third-order valence-corrected chi connectivity index (χ3v) is 8.63. The van der Waals surface area contributed by atoms with Gasteiger partial charge in [-0.05, 0) is 60.3 Å². The Bertz CT molecular complexity index is 1530. The van der Waals surface area contributed by atoms with E-state index in [1.54, 1.807) is 0 Å². The number of rotatable bonds is 12. The maximum Gasteiger partial charge on any atom is 0.315 e. The Morgan fingerprint density at radius 1 is 0.870 bits per heavy atom. The molecule has 0 spiro atoms. The van der Waals surface area contributed by atoms with Crippen molar-refractivity contribution in [2.45, 2.75) is 64.1 Å². The fourth-order valence-corrected chi connectivity index (χ4v) is 5.79. The predicted molar refractivity (Wildman–Crippen MR) is 180 cm³/mol. The first-order chi connectivity index (χ1) is 22.3. The number of benzene rings is 4. The van der Waals surface area contributed by atoms with E-state index in [1.165, 1.54) is 0 Å². The van der Waals surface area contributed by atoms with Gasteiger partial charge in [-0.25, -0.2) is 4.79 Å². The van der Waals surface area contributed by atoms with Crippen LogP contribution >= 0.6 is 0 Å². The summed E-state index contributed by atoms with van der Waals surface area (Å²) in [5.41, 5.74) is 6.81. The van der Waals surface area contributed by atoms with Gasteiger partial charge in [-0.15, -0.1) is 0 Å². The van der Waals surface area contributed by atoms with Gasteiger partial charge in [0, 0.05) is 37.7 Å². The molecule has 1 saturated heterocycles. The van der Waals surface area contributed by atoms with E-state index >= 15 is 0 Å². The highest BCUT2D eigenvalue weighted by Gasteiger charge is 2.34. The van der Waals surface area contributed by atoms with Crippen LogP contribution < -0.4 is 10.6 Å². The molecule has 4 aromatic carbocycles. The van der Waals surface area contributed by atoms with Crippen molar-refractivity contribution in [3.8, 4) is 11.1 Å². The molecule has 0 aliphatic carbocycles. The average Bonchev–Trinajstić information content (AvgIpc) is 3.10. The molecule has 1 fully saturated rings. The lowest BCUT2D eigenvalue weighted by atomic mass is 9.98. The zero-order valence-corrected chi connectivity index (χ0v) is 26.8. The van der Waals surface area contributed by atoms with Gasteiger partial charge >= 0.3 is 6.03 Å². The topological polar surface area (TPSA) is 103 Å². The number of ether oxygens (including phenoxy) is 2. The number of nitrogens with one attached hydrogen (secondary N) is 2. The number of aliphatic hydroxyl groups is 2. The summed E-state index contributed by atoms with van der Waals surface area (Å²) in [6.07, 6.45) is -0.897. The van der Waals surface area contributed by atoms with Crippen LogP contribution in [0, 0.1) is 0 Å². The number of amides is 2. The number of nitrogens with zero attached hydrogens (tertiary/aromatic N) is 1. The molecule has 242 valence electrons. The highest BCUT2D eigenvalue weighted by atomic mass is 16.7. The van der Waals surface area contributed by atoms with E-state index in [1.807, 2.05) is 99.8 Å². The van der Waals surface area contributed by atoms with Crippen LogP contribution in [-0.2, 0) is 22.6 Å². The van der Waals surface area contributed by atoms with Gasteiger partial charge in [-0.3, -0.25) is 4.90 Å². The number of aliphatic hydroxyl groups excluding tert-OH is 2. The van der Waals surface area contributed by atoms with E-state index in [0.29, 0.717) is 26.1 Å². The first-order valence-corrected chi connectivity index (χ1v) is 16.0. The molecule has 5 rings (SSSR count). The predicted octanol–water partition coefficient (Wildman–Crippen LogP) is 6.26. The fourth-order valence-electron chi connectivity index (χ4n) is 5.79. The fraction of sp³-hybridized carbons (Fsp3) is 0.342. The van der Waals surface area contributed by atoms with Crippen LogP contribution in [0.15, 0.2) is 103 Å². The Hall–Kier alpha value is -4.05. The van der Waals surface area contributed by atoms with Gasteiger partial charge in [0.2, 0.25) is 0 Å². The molecule has 1 aliphatic heterocycles. The van der Waals surface area contributed by atoms with Gasteiger partial charge in [0.05, 0.1) is 24.9 Å². The van der Waals surface area contributed by atoms with Crippen molar-refractivity contribution in [2.24, 2.45) is 0 Å². The van der Waals surface area contributed by atoms with Gasteiger partial charge in [-0.2, -0.15) is 0 Å². The van der Waals surface area contributed by atoms with Gasteiger partial charge in [-0.1, -0.05) is 97.1 Å². The molecule has 5 atom stereocenters. The number of urea groups is 1. The average molecular weight is 624 g/mol. The molecule has 1 heterocycles. The second kappa shape index (κ2) is 16.0. The molecular formula is C38H45N3O5. The van der Waals surface area contributed by atoms with Crippen LogP contribution in [0.5, 0.6) is 0 Å². The minimum absolute atomic E-state index is 0.00739. The first-order valence-electron chi connectivity index (χ1n) is 16.0. The summed E-state index contributed by atoms with van der Waals surface area (Å²) in [5, 5.41) is 26.2. The molecule has 2 amide bonds. The lowest BCUT2D eigenvalue weighted by Crippen LogP contribution is -2.43. The molecular weight excluding hydrogens is 578 g/mol. The number of hydrogen-bond acceptors (Lipinski definition) is 6. The Morgan fingerprint density at radius 3 is 2.28 bits per heavy atom. The second-order valence-electron chi connectivity index (χ2n) is 11.9. The van der Waals surface area contributed by atoms with Crippen LogP contribution in [0.2, 0.25) is 0 Å². The number of likely N-dealkylation sites (N-methyl/N-ethyl adjacent to an activating group) is 1. The van der Waals surface area contributed by atoms with Crippen molar-refractivity contribution >= 4 is 6.03 Å². The van der Waals surface area contributed by atoms with Crippen LogP contribution in [-0.4, -0.2) is 53.4 Å². The van der Waals surface area contributed by atoms with Crippen LogP contribution in [0.4, 0.5) is 4.79 Å². The molecule has 8 heteroatoms. The minimum atomic E-state index is -0.626. The first kappa shape index (κ1) is 33.3. The Labute approximate surface area is 272 Å². The van der Waals surface area contributed by atoms with Crippen molar-refractivity contribution in [3.63, 3.8) is 0 Å². The Balaban J connectivity index is 1.32. The molecule has 4 N–H and O–H groups in total. The lowest BCUT2D eigenvalue weighted by molar-refractivity contribution is -0.253. The van der Waals surface area contributed by atoms with E-state index in [-0.39, 0.29) is 30.9 Å². The molecule has 0 aromatic heterocycles. The third kappa shape index (κ3) is 8.60. The highest BCUT2D eigenvalue weighted by Crippen LogP contribution is 2.39. The molecule has 46 heavy (non-hydrogen) atoms. The minimum Gasteiger partial charge on any atom is -0.392 e. The molecule has 1 aliphatic rings. The molecule has 0 saturated carbocycles. The molecule has 8 nitrogen and oxygen atoms in total. The highest BCUT2D eigenvalue weighted by molar-refractivity contribution is 5.73. The van der Waals surface area contributed by atoms with E-state index in [0.717, 1.165) is 38.9 Å². The van der Waals surface area contributed by atoms with Crippen molar-refractivity contribution < 1.29 is 24.5 Å². The van der Waals surface area contributed by atoms with E-state index < -0.39 is 12.4 Å². The summed E-state index contributed by atoms with van der Waals surface area (Å²) in [7, 11) is 2.02. The van der Waals surface area contributed by atoms with Gasteiger partial charge in [0.1, 0.15) is 0 Å². The summed E-state index contributed by atoms with van der Waals surface area (Å²) in [5.74, 6) is 0. The summed E-state index contributed by atoms with van der Waals surface area (Å²) in [6, 6.07) is 33.7. The number of carbonyl (C=O) groups excluding carboxylic acids is 1. The van der Waals surface area contributed by atoms with Gasteiger partial charge in [0.15, 0.2) is 6.29 Å². The van der Waals surface area contributed by atoms with Crippen LogP contribution in [0.1, 0.15) is 66.6 Å². The zero-order valence-electron chi connectivity index (χ0n) is 26.8. The van der Waals surface area contributed by atoms with Crippen molar-refractivity contribution in [1.82, 2.24) is 15.5 Å². The normalized spacial score (nSPS) is 19.4. The third-order valence-electron chi connectivity index (χ3n) is 8.63. The smallest absolute Gasteiger partial charge is 0.315 e. The number of hydrogen-bond donors (Lipinski definition) is 4. The van der Waals surface area contributed by atoms with E-state index in [9.17, 15) is 15.0 Å². The lowest BCUT2D eigenvalue weighted by Gasteiger charge is -2.39. The summed E-state index contributed by atoms with van der Waals surface area (Å²) >= 11 is 0. The number of carbonyl (C=O) groups is 1. The molecule has 0 unspecified atom stereocenters. The van der Waals surface area contributed by atoms with Crippen molar-refractivity contribution in [1.29, 1.82) is 0 Å². The summed E-state index contributed by atoms with van der Waals surface area (Å²) in [4.78, 5) is 14.0. The summed E-state index contributed by atoms with van der Waals surface area (Å²) in [6.45, 7) is 5.55.